The topological polar surface area (TPSA) is 58.9 Å². The summed E-state index contributed by atoms with van der Waals surface area (Å²) >= 11 is 0. The van der Waals surface area contributed by atoms with Gasteiger partial charge in [0.25, 0.3) is 0 Å². The maximum Gasteiger partial charge on any atom is 0.194 e. The fourth-order valence-electron chi connectivity index (χ4n) is 2.01. The summed E-state index contributed by atoms with van der Waals surface area (Å²) in [5, 5.41) is 19.0. The molecule has 2 saturated heterocycles. The molecule has 0 bridgehead atoms. The van der Waals surface area contributed by atoms with Crippen LogP contribution in [0.15, 0.2) is 0 Å². The molecule has 76 valence electrons. The van der Waals surface area contributed by atoms with Crippen LogP contribution in [0.25, 0.3) is 0 Å². The molecule has 2 fully saturated rings. The molecule has 2 aliphatic heterocycles. The zero-order valence-corrected chi connectivity index (χ0v) is 7.61. The second-order valence-corrected chi connectivity index (χ2v) is 3.83. The van der Waals surface area contributed by atoms with Crippen LogP contribution in [0.3, 0.4) is 0 Å². The van der Waals surface area contributed by atoms with Gasteiger partial charge >= 0.3 is 0 Å². The Bertz CT molecular complexity index is 176. The molecule has 2 aliphatic rings. The minimum Gasteiger partial charge on any atom is -0.391 e. The van der Waals surface area contributed by atoms with Gasteiger partial charge in [-0.2, -0.15) is 0 Å². The van der Waals surface area contributed by atoms with Crippen molar-refractivity contribution in [1.29, 1.82) is 0 Å². The number of ether oxygens (including phenoxy) is 2. The van der Waals surface area contributed by atoms with Crippen LogP contribution in [0.4, 0.5) is 0 Å². The Morgan fingerprint density at radius 1 is 1.15 bits per heavy atom. The predicted octanol–water partition coefficient (Wildman–Crippen LogP) is 0.0253. The third-order valence-corrected chi connectivity index (χ3v) is 2.79. The zero-order chi connectivity index (χ0) is 9.31. The van der Waals surface area contributed by atoms with Crippen molar-refractivity contribution in [3.8, 4) is 0 Å². The quantitative estimate of drug-likeness (QED) is 0.563. The molecule has 3 atom stereocenters. The van der Waals surface area contributed by atoms with Crippen LogP contribution in [-0.4, -0.2) is 41.4 Å². The first-order valence-corrected chi connectivity index (χ1v) is 4.87. The van der Waals surface area contributed by atoms with E-state index in [1.807, 2.05) is 0 Å². The smallest absolute Gasteiger partial charge is 0.194 e. The van der Waals surface area contributed by atoms with E-state index in [4.69, 9.17) is 9.47 Å². The predicted molar refractivity (Wildman–Crippen MR) is 45.1 cm³/mol. The van der Waals surface area contributed by atoms with Gasteiger partial charge in [0, 0.05) is 12.8 Å². The Balaban J connectivity index is 2.03. The van der Waals surface area contributed by atoms with Crippen LogP contribution in [0.2, 0.25) is 0 Å². The molecule has 0 aromatic heterocycles. The van der Waals surface area contributed by atoms with E-state index in [0.29, 0.717) is 13.0 Å². The largest absolute Gasteiger partial charge is 0.391 e. The number of aliphatic hydroxyl groups excluding tert-OH is 2. The lowest BCUT2D eigenvalue weighted by Gasteiger charge is -2.44. The Morgan fingerprint density at radius 3 is 2.62 bits per heavy atom. The Morgan fingerprint density at radius 2 is 2.00 bits per heavy atom. The summed E-state index contributed by atoms with van der Waals surface area (Å²) in [6.45, 7) is 0.921. The molecular weight excluding hydrogens is 172 g/mol. The number of rotatable bonds is 0. The summed E-state index contributed by atoms with van der Waals surface area (Å²) in [6, 6.07) is 0. The highest BCUT2D eigenvalue weighted by Crippen LogP contribution is 2.34. The SMILES string of the molecule is OC1COC2(CCCCO2)C(O)C1. The fourth-order valence-corrected chi connectivity index (χ4v) is 2.01. The molecule has 0 aromatic carbocycles. The maximum atomic E-state index is 9.74. The lowest BCUT2D eigenvalue weighted by Crippen LogP contribution is -2.55. The monoisotopic (exact) mass is 188 g/mol. The third-order valence-electron chi connectivity index (χ3n) is 2.79. The Labute approximate surface area is 77.5 Å². The molecule has 2 N–H and O–H groups in total. The average Bonchev–Trinajstić information content (AvgIpc) is 2.14. The van der Waals surface area contributed by atoms with Crippen molar-refractivity contribution in [2.75, 3.05) is 13.2 Å². The van der Waals surface area contributed by atoms with E-state index in [0.717, 1.165) is 19.3 Å². The standard InChI is InChI=1S/C9H16O4/c10-7-5-8(11)9(13-6-7)3-1-2-4-12-9/h7-8,10-11H,1-6H2. The van der Waals surface area contributed by atoms with Crippen LogP contribution in [0.1, 0.15) is 25.7 Å². The first-order valence-electron chi connectivity index (χ1n) is 4.87. The van der Waals surface area contributed by atoms with Crippen LogP contribution >= 0.6 is 0 Å². The van der Waals surface area contributed by atoms with Crippen molar-refractivity contribution in [1.82, 2.24) is 0 Å². The van der Waals surface area contributed by atoms with Gasteiger partial charge in [-0.25, -0.2) is 0 Å². The van der Waals surface area contributed by atoms with E-state index in [2.05, 4.69) is 0 Å². The molecule has 0 amide bonds. The van der Waals surface area contributed by atoms with Crippen molar-refractivity contribution in [2.24, 2.45) is 0 Å². The number of hydrogen-bond acceptors (Lipinski definition) is 4. The van der Waals surface area contributed by atoms with Crippen molar-refractivity contribution < 1.29 is 19.7 Å². The van der Waals surface area contributed by atoms with Crippen LogP contribution < -0.4 is 0 Å². The molecule has 4 nitrogen and oxygen atoms in total. The van der Waals surface area contributed by atoms with Gasteiger partial charge in [0.15, 0.2) is 5.79 Å². The van der Waals surface area contributed by atoms with Crippen molar-refractivity contribution in [3.05, 3.63) is 0 Å². The molecule has 1 spiro atoms. The Hall–Kier alpha value is -0.160. The molecular formula is C9H16O4. The molecule has 0 aliphatic carbocycles. The minimum atomic E-state index is -0.808. The van der Waals surface area contributed by atoms with Crippen molar-refractivity contribution in [2.45, 2.75) is 43.7 Å². The lowest BCUT2D eigenvalue weighted by molar-refractivity contribution is -0.327. The summed E-state index contributed by atoms with van der Waals surface area (Å²) in [5.41, 5.74) is 0. The van der Waals surface area contributed by atoms with E-state index in [1.54, 1.807) is 0 Å². The number of hydrogen-bond donors (Lipinski definition) is 2. The summed E-state index contributed by atoms with van der Waals surface area (Å²) < 4.78 is 10.9. The van der Waals surface area contributed by atoms with Crippen LogP contribution in [0, 0.1) is 0 Å². The first kappa shape index (κ1) is 9.40. The second-order valence-electron chi connectivity index (χ2n) is 3.83. The zero-order valence-electron chi connectivity index (χ0n) is 7.61. The normalized spacial score (nSPS) is 46.6. The van der Waals surface area contributed by atoms with Crippen LogP contribution in [-0.2, 0) is 9.47 Å². The summed E-state index contributed by atoms with van der Waals surface area (Å²) in [5.74, 6) is -0.808. The third kappa shape index (κ3) is 1.72. The van der Waals surface area contributed by atoms with Gasteiger partial charge in [-0.3, -0.25) is 0 Å². The van der Waals surface area contributed by atoms with Gasteiger partial charge in [0.1, 0.15) is 6.10 Å². The molecule has 0 saturated carbocycles. The van der Waals surface area contributed by atoms with Gasteiger partial charge in [0.05, 0.1) is 19.3 Å². The summed E-state index contributed by atoms with van der Waals surface area (Å²) in [4.78, 5) is 0. The maximum absolute atomic E-state index is 9.74. The van der Waals surface area contributed by atoms with E-state index in [1.165, 1.54) is 0 Å². The Kier molecular flexibility index (Phi) is 2.55. The minimum absolute atomic E-state index is 0.275. The van der Waals surface area contributed by atoms with Gasteiger partial charge in [-0.1, -0.05) is 0 Å². The highest BCUT2D eigenvalue weighted by atomic mass is 16.7. The molecule has 13 heavy (non-hydrogen) atoms. The molecule has 2 heterocycles. The molecule has 3 unspecified atom stereocenters. The highest BCUT2D eigenvalue weighted by molar-refractivity contribution is 4.87. The first-order chi connectivity index (χ1) is 6.23. The second kappa shape index (κ2) is 3.53. The van der Waals surface area contributed by atoms with Gasteiger partial charge in [-0.15, -0.1) is 0 Å². The van der Waals surface area contributed by atoms with Crippen LogP contribution in [0.5, 0.6) is 0 Å². The highest BCUT2D eigenvalue weighted by Gasteiger charge is 2.45. The van der Waals surface area contributed by atoms with Crippen molar-refractivity contribution >= 4 is 0 Å². The summed E-state index contributed by atoms with van der Waals surface area (Å²) in [7, 11) is 0. The number of aliphatic hydroxyl groups is 2. The lowest BCUT2D eigenvalue weighted by atomic mass is 9.93. The van der Waals surface area contributed by atoms with Gasteiger partial charge in [-0.05, 0) is 12.8 Å². The average molecular weight is 188 g/mol. The molecule has 0 radical (unpaired) electrons. The molecule has 0 aromatic rings. The van der Waals surface area contributed by atoms with Gasteiger partial charge < -0.3 is 19.7 Å². The molecule has 4 heteroatoms. The van der Waals surface area contributed by atoms with E-state index >= 15 is 0 Å². The van der Waals surface area contributed by atoms with E-state index < -0.39 is 18.0 Å². The van der Waals surface area contributed by atoms with Gasteiger partial charge in [0.2, 0.25) is 0 Å². The molecule has 2 rings (SSSR count). The van der Waals surface area contributed by atoms with E-state index in [-0.39, 0.29) is 6.61 Å². The summed E-state index contributed by atoms with van der Waals surface area (Å²) in [6.07, 6.45) is 1.91. The fraction of sp³-hybridized carbons (Fsp3) is 1.00. The van der Waals surface area contributed by atoms with E-state index in [9.17, 15) is 10.2 Å². The van der Waals surface area contributed by atoms with Crippen molar-refractivity contribution in [3.63, 3.8) is 0 Å².